The molecule has 0 bridgehead atoms. The van der Waals surface area contributed by atoms with Crippen LogP contribution in [-0.2, 0) is 6.54 Å². The molecule has 1 N–H and O–H groups in total. The maximum absolute atomic E-state index is 4.41. The molecule has 1 aromatic carbocycles. The van der Waals surface area contributed by atoms with Crippen molar-refractivity contribution in [3.63, 3.8) is 0 Å². The lowest BCUT2D eigenvalue weighted by atomic mass is 10.1. The van der Waals surface area contributed by atoms with E-state index in [9.17, 15) is 0 Å². The Balaban J connectivity index is 2.25. The Bertz CT molecular complexity index is 395. The van der Waals surface area contributed by atoms with Crippen LogP contribution in [-0.4, -0.2) is 11.4 Å². The largest absolute Gasteiger partial charge is 0.315 e. The Kier molecular flexibility index (Phi) is 2.91. The average Bonchev–Trinajstić information content (AvgIpc) is 2.68. The molecule has 0 aliphatic heterocycles. The first kappa shape index (κ1) is 9.37. The highest BCUT2D eigenvalue weighted by molar-refractivity contribution is 7.06. The van der Waals surface area contributed by atoms with Gasteiger partial charge in [0.05, 0.1) is 5.69 Å². The predicted octanol–water partition coefficient (Wildman–Crippen LogP) is 2.53. The van der Waals surface area contributed by atoms with E-state index in [0.29, 0.717) is 0 Å². The van der Waals surface area contributed by atoms with Crippen LogP contribution in [0, 0.1) is 0 Å². The lowest BCUT2D eigenvalue weighted by Crippen LogP contribution is -2.02. The van der Waals surface area contributed by atoms with E-state index in [4.69, 9.17) is 0 Å². The van der Waals surface area contributed by atoms with Gasteiger partial charge in [0.25, 0.3) is 0 Å². The molecule has 0 aliphatic rings. The number of aromatic nitrogens is 1. The van der Waals surface area contributed by atoms with E-state index >= 15 is 0 Å². The molecule has 1 aromatic heterocycles. The second-order valence-electron chi connectivity index (χ2n) is 3.07. The van der Waals surface area contributed by atoms with E-state index in [1.165, 1.54) is 10.4 Å². The standard InChI is InChI=1S/C11H12N2S/c1-12-8-10-7-11(13-14-10)9-5-3-2-4-6-9/h2-7,12H,8H2,1H3. The lowest BCUT2D eigenvalue weighted by molar-refractivity contribution is 0.831. The van der Waals surface area contributed by atoms with Crippen LogP contribution in [0.5, 0.6) is 0 Å². The Labute approximate surface area is 87.8 Å². The molecule has 0 spiro atoms. The van der Waals surface area contributed by atoms with Gasteiger partial charge in [-0.15, -0.1) is 0 Å². The van der Waals surface area contributed by atoms with Gasteiger partial charge in [0.15, 0.2) is 0 Å². The van der Waals surface area contributed by atoms with E-state index in [0.717, 1.165) is 12.2 Å². The summed E-state index contributed by atoms with van der Waals surface area (Å²) < 4.78 is 4.41. The van der Waals surface area contributed by atoms with E-state index in [1.54, 1.807) is 11.5 Å². The highest BCUT2D eigenvalue weighted by atomic mass is 32.1. The molecule has 0 amide bonds. The van der Waals surface area contributed by atoms with Gasteiger partial charge in [-0.25, -0.2) is 0 Å². The number of hydrogen-bond donors (Lipinski definition) is 1. The van der Waals surface area contributed by atoms with Crippen LogP contribution in [0.3, 0.4) is 0 Å². The van der Waals surface area contributed by atoms with E-state index in [2.05, 4.69) is 27.9 Å². The zero-order valence-corrected chi connectivity index (χ0v) is 8.84. The molecule has 2 nitrogen and oxygen atoms in total. The van der Waals surface area contributed by atoms with E-state index in [-0.39, 0.29) is 0 Å². The first-order chi connectivity index (χ1) is 6.90. The molecule has 0 saturated heterocycles. The number of hydrogen-bond acceptors (Lipinski definition) is 3. The monoisotopic (exact) mass is 204 g/mol. The quantitative estimate of drug-likeness (QED) is 0.831. The lowest BCUT2D eigenvalue weighted by Gasteiger charge is -1.93. The Morgan fingerprint density at radius 1 is 1.29 bits per heavy atom. The van der Waals surface area contributed by atoms with Gasteiger partial charge < -0.3 is 5.32 Å². The van der Waals surface area contributed by atoms with Crippen LogP contribution in [0.1, 0.15) is 4.88 Å². The molecule has 3 heteroatoms. The molecule has 0 atom stereocenters. The highest BCUT2D eigenvalue weighted by Gasteiger charge is 2.02. The zero-order chi connectivity index (χ0) is 9.80. The van der Waals surface area contributed by atoms with Crippen molar-refractivity contribution in [3.8, 4) is 11.3 Å². The Hall–Kier alpha value is -1.19. The first-order valence-corrected chi connectivity index (χ1v) is 5.33. The number of benzene rings is 1. The smallest absolute Gasteiger partial charge is 0.0844 e. The fraction of sp³-hybridized carbons (Fsp3) is 0.182. The van der Waals surface area contributed by atoms with Gasteiger partial charge in [0.2, 0.25) is 0 Å². The van der Waals surface area contributed by atoms with Gasteiger partial charge in [-0.05, 0) is 24.6 Å². The molecule has 2 rings (SSSR count). The highest BCUT2D eigenvalue weighted by Crippen LogP contribution is 2.21. The molecule has 0 aliphatic carbocycles. The molecule has 0 radical (unpaired) electrons. The van der Waals surface area contributed by atoms with Crippen molar-refractivity contribution in [2.45, 2.75) is 6.54 Å². The maximum atomic E-state index is 4.41. The van der Waals surface area contributed by atoms with Crippen molar-refractivity contribution in [2.24, 2.45) is 0 Å². The average molecular weight is 204 g/mol. The summed E-state index contributed by atoms with van der Waals surface area (Å²) >= 11 is 1.56. The van der Waals surface area contributed by atoms with Crippen LogP contribution in [0.2, 0.25) is 0 Å². The van der Waals surface area contributed by atoms with Gasteiger partial charge in [0.1, 0.15) is 0 Å². The van der Waals surface area contributed by atoms with Gasteiger partial charge in [0, 0.05) is 17.0 Å². The number of nitrogens with one attached hydrogen (secondary N) is 1. The van der Waals surface area contributed by atoms with Crippen molar-refractivity contribution in [1.29, 1.82) is 0 Å². The molecule has 2 aromatic rings. The minimum absolute atomic E-state index is 0.893. The van der Waals surface area contributed by atoms with Crippen LogP contribution < -0.4 is 5.32 Å². The van der Waals surface area contributed by atoms with Gasteiger partial charge in [-0.1, -0.05) is 30.3 Å². The van der Waals surface area contributed by atoms with Crippen molar-refractivity contribution in [3.05, 3.63) is 41.3 Å². The van der Waals surface area contributed by atoms with Crippen LogP contribution >= 0.6 is 11.5 Å². The SMILES string of the molecule is CNCc1cc(-c2ccccc2)ns1. The number of nitrogens with zero attached hydrogens (tertiary/aromatic N) is 1. The number of rotatable bonds is 3. The fourth-order valence-electron chi connectivity index (χ4n) is 1.32. The van der Waals surface area contributed by atoms with Gasteiger partial charge >= 0.3 is 0 Å². The summed E-state index contributed by atoms with van der Waals surface area (Å²) in [5.41, 5.74) is 2.26. The third kappa shape index (κ3) is 2.00. The molecular weight excluding hydrogens is 192 g/mol. The predicted molar refractivity (Wildman–Crippen MR) is 60.3 cm³/mol. The summed E-state index contributed by atoms with van der Waals surface area (Å²) in [5, 5.41) is 3.12. The normalized spacial score (nSPS) is 10.4. The summed E-state index contributed by atoms with van der Waals surface area (Å²) in [4.78, 5) is 1.27. The Morgan fingerprint density at radius 3 is 2.79 bits per heavy atom. The van der Waals surface area contributed by atoms with Crippen molar-refractivity contribution < 1.29 is 0 Å². The van der Waals surface area contributed by atoms with Crippen molar-refractivity contribution >= 4 is 11.5 Å². The molecule has 1 heterocycles. The van der Waals surface area contributed by atoms with Crippen molar-refractivity contribution in [1.82, 2.24) is 9.69 Å². The van der Waals surface area contributed by atoms with Gasteiger partial charge in [-0.3, -0.25) is 0 Å². The summed E-state index contributed by atoms with van der Waals surface area (Å²) in [6.07, 6.45) is 0. The molecule has 14 heavy (non-hydrogen) atoms. The fourth-order valence-corrected chi connectivity index (χ4v) is 2.06. The topological polar surface area (TPSA) is 24.9 Å². The minimum atomic E-state index is 0.893. The molecule has 0 saturated carbocycles. The second kappa shape index (κ2) is 4.35. The van der Waals surface area contributed by atoms with Crippen LogP contribution in [0.4, 0.5) is 0 Å². The third-order valence-electron chi connectivity index (χ3n) is 1.98. The summed E-state index contributed by atoms with van der Waals surface area (Å²) in [5.74, 6) is 0. The molecular formula is C11H12N2S. The Morgan fingerprint density at radius 2 is 2.07 bits per heavy atom. The second-order valence-corrected chi connectivity index (χ2v) is 3.96. The van der Waals surface area contributed by atoms with E-state index < -0.39 is 0 Å². The molecule has 72 valence electrons. The summed E-state index contributed by atoms with van der Waals surface area (Å²) in [7, 11) is 1.95. The minimum Gasteiger partial charge on any atom is -0.315 e. The summed E-state index contributed by atoms with van der Waals surface area (Å²) in [6.45, 7) is 0.893. The van der Waals surface area contributed by atoms with E-state index in [1.807, 2.05) is 25.2 Å². The maximum Gasteiger partial charge on any atom is 0.0844 e. The van der Waals surface area contributed by atoms with Crippen LogP contribution in [0.25, 0.3) is 11.3 Å². The molecule has 0 unspecified atom stereocenters. The first-order valence-electron chi connectivity index (χ1n) is 4.56. The molecule has 0 fully saturated rings. The van der Waals surface area contributed by atoms with Crippen molar-refractivity contribution in [2.75, 3.05) is 7.05 Å². The van der Waals surface area contributed by atoms with Crippen LogP contribution in [0.15, 0.2) is 36.4 Å². The zero-order valence-electron chi connectivity index (χ0n) is 8.03. The van der Waals surface area contributed by atoms with Gasteiger partial charge in [-0.2, -0.15) is 4.37 Å². The summed E-state index contributed by atoms with van der Waals surface area (Å²) in [6, 6.07) is 12.4. The third-order valence-corrected chi connectivity index (χ3v) is 2.76.